The second-order valence-corrected chi connectivity index (χ2v) is 10.2. The second-order valence-electron chi connectivity index (χ2n) is 8.42. The number of hydrogen-bond acceptors (Lipinski definition) is 8. The molecule has 3 rings (SSSR count). The lowest BCUT2D eigenvalue weighted by Crippen LogP contribution is -2.35. The van der Waals surface area contributed by atoms with Gasteiger partial charge in [-0.2, -0.15) is 13.2 Å². The molecule has 0 bridgehead atoms. The van der Waals surface area contributed by atoms with E-state index in [-0.39, 0.29) is 18.4 Å². The maximum atomic E-state index is 13.0. The molecular formula is C21H25F4N5O7S. The summed E-state index contributed by atoms with van der Waals surface area (Å²) in [6.07, 6.45) is -3.68. The summed E-state index contributed by atoms with van der Waals surface area (Å²) in [6.45, 7) is 0.440. The van der Waals surface area contributed by atoms with Crippen molar-refractivity contribution in [3.05, 3.63) is 57.5 Å². The molecular weight excluding hydrogens is 542 g/mol. The Balaban J connectivity index is 0.000000638. The summed E-state index contributed by atoms with van der Waals surface area (Å²) >= 11 is 0. The Hall–Kier alpha value is -3.57. The number of hydrogen-bond donors (Lipinski definition) is 4. The molecule has 2 atom stereocenters. The zero-order valence-electron chi connectivity index (χ0n) is 20.3. The lowest BCUT2D eigenvalue weighted by molar-refractivity contribution is -0.192. The third-order valence-electron chi connectivity index (χ3n) is 5.35. The number of aromatic hydroxyl groups is 1. The van der Waals surface area contributed by atoms with Crippen molar-refractivity contribution < 1.29 is 45.8 Å². The van der Waals surface area contributed by atoms with Crippen LogP contribution in [0, 0.1) is 5.82 Å². The second kappa shape index (κ2) is 11.9. The summed E-state index contributed by atoms with van der Waals surface area (Å²) in [5, 5.41) is 19.9. The number of sulfonamides is 1. The molecule has 2 heterocycles. The van der Waals surface area contributed by atoms with E-state index < -0.39 is 56.9 Å². The highest BCUT2D eigenvalue weighted by molar-refractivity contribution is 7.88. The number of amides is 1. The first-order valence-corrected chi connectivity index (χ1v) is 12.6. The molecule has 0 unspecified atom stereocenters. The summed E-state index contributed by atoms with van der Waals surface area (Å²) in [5.41, 5.74) is -0.582. The number of carbonyl (C=O) groups excluding carboxylic acids is 1. The van der Waals surface area contributed by atoms with Crippen molar-refractivity contribution in [1.82, 2.24) is 24.5 Å². The van der Waals surface area contributed by atoms with Gasteiger partial charge in [0.05, 0.1) is 12.3 Å². The van der Waals surface area contributed by atoms with E-state index in [2.05, 4.69) is 15.0 Å². The molecule has 1 aliphatic heterocycles. The topological polar surface area (TPSA) is 171 Å². The molecule has 12 nitrogen and oxygen atoms in total. The van der Waals surface area contributed by atoms with Crippen LogP contribution in [-0.4, -0.2) is 77.0 Å². The van der Waals surface area contributed by atoms with Crippen molar-refractivity contribution in [3.8, 4) is 5.75 Å². The Bertz CT molecular complexity index is 1350. The van der Waals surface area contributed by atoms with Crippen LogP contribution in [0.5, 0.6) is 5.75 Å². The van der Waals surface area contributed by atoms with Crippen LogP contribution in [0.15, 0.2) is 29.1 Å². The van der Waals surface area contributed by atoms with Gasteiger partial charge in [0, 0.05) is 26.2 Å². The molecule has 210 valence electrons. The van der Waals surface area contributed by atoms with Crippen molar-refractivity contribution in [3.63, 3.8) is 0 Å². The van der Waals surface area contributed by atoms with Crippen molar-refractivity contribution in [2.24, 2.45) is 7.05 Å². The zero-order valence-corrected chi connectivity index (χ0v) is 21.1. The molecule has 38 heavy (non-hydrogen) atoms. The van der Waals surface area contributed by atoms with Gasteiger partial charge in [0.15, 0.2) is 5.69 Å². The van der Waals surface area contributed by atoms with Crippen molar-refractivity contribution >= 4 is 21.9 Å². The Kier molecular flexibility index (Phi) is 9.57. The molecule has 0 radical (unpaired) electrons. The number of nitrogens with one attached hydrogen (secondary N) is 2. The highest BCUT2D eigenvalue weighted by atomic mass is 32.2. The molecule has 1 aliphatic rings. The van der Waals surface area contributed by atoms with E-state index in [9.17, 15) is 40.7 Å². The Morgan fingerprint density at radius 1 is 1.18 bits per heavy atom. The monoisotopic (exact) mass is 567 g/mol. The normalized spacial score (nSPS) is 18.0. The predicted molar refractivity (Wildman–Crippen MR) is 124 cm³/mol. The maximum Gasteiger partial charge on any atom is 0.490 e. The van der Waals surface area contributed by atoms with Crippen molar-refractivity contribution in [1.29, 1.82) is 0 Å². The van der Waals surface area contributed by atoms with Gasteiger partial charge in [-0.1, -0.05) is 12.1 Å². The van der Waals surface area contributed by atoms with Crippen LogP contribution in [0.1, 0.15) is 34.3 Å². The van der Waals surface area contributed by atoms with Gasteiger partial charge in [0.25, 0.3) is 11.5 Å². The molecule has 0 aliphatic carbocycles. The third kappa shape index (κ3) is 8.22. The van der Waals surface area contributed by atoms with Crippen LogP contribution < -0.4 is 15.6 Å². The lowest BCUT2D eigenvalue weighted by atomic mass is 10.1. The van der Waals surface area contributed by atoms with Crippen LogP contribution in [0.3, 0.4) is 0 Å². The van der Waals surface area contributed by atoms with Gasteiger partial charge < -0.3 is 15.5 Å². The number of rotatable bonds is 6. The van der Waals surface area contributed by atoms with Gasteiger partial charge in [0.1, 0.15) is 11.6 Å². The van der Waals surface area contributed by atoms with E-state index in [1.165, 1.54) is 31.3 Å². The minimum atomic E-state index is -5.08. The molecule has 0 saturated carbocycles. The van der Waals surface area contributed by atoms with E-state index in [0.29, 0.717) is 18.5 Å². The summed E-state index contributed by atoms with van der Waals surface area (Å²) in [6, 6.07) is 4.68. The number of carboxylic acids is 1. The number of nitrogens with zero attached hydrogens (tertiary/aromatic N) is 3. The Morgan fingerprint density at radius 3 is 2.24 bits per heavy atom. The fourth-order valence-corrected chi connectivity index (χ4v) is 4.40. The standard InChI is InChI=1S/C19H24FN5O5S.C2HF3O2/c1-24-10-13(23-31(3,29)30)8-14(24)17-22-15(16(26)19(28)25(17)2)18(27)21-9-11-4-6-12(20)7-5-11;3-2(4,5)1(6)7/h4-7,13-14,23,26H,8-10H2,1-3H3,(H,21,27);(H,6,7)/t13-,14-;/m0./s1. The number of halogens is 4. The number of aromatic nitrogens is 2. The van der Waals surface area contributed by atoms with Gasteiger partial charge in [0.2, 0.25) is 15.8 Å². The van der Waals surface area contributed by atoms with E-state index in [4.69, 9.17) is 9.90 Å². The summed E-state index contributed by atoms with van der Waals surface area (Å²) in [7, 11) is -0.235. The van der Waals surface area contributed by atoms with Crippen LogP contribution >= 0.6 is 0 Å². The average Bonchev–Trinajstić information content (AvgIpc) is 3.14. The minimum Gasteiger partial charge on any atom is -0.501 e. The van der Waals surface area contributed by atoms with E-state index in [0.717, 1.165) is 10.8 Å². The fourth-order valence-electron chi connectivity index (χ4n) is 3.62. The SMILES string of the molecule is CN1C[C@@H](NS(C)(=O)=O)C[C@H]1c1nc(C(=O)NCc2ccc(F)cc2)c(O)c(=O)n1C.O=C(O)C(F)(F)F. The quantitative estimate of drug-likeness (QED) is 0.363. The minimum absolute atomic E-state index is 0.0501. The van der Waals surface area contributed by atoms with Gasteiger partial charge >= 0.3 is 12.1 Å². The maximum absolute atomic E-state index is 13.0. The highest BCUT2D eigenvalue weighted by Crippen LogP contribution is 2.30. The van der Waals surface area contributed by atoms with Crippen molar-refractivity contribution in [2.75, 3.05) is 19.8 Å². The largest absolute Gasteiger partial charge is 0.501 e. The third-order valence-corrected chi connectivity index (χ3v) is 6.11. The van der Waals surface area contributed by atoms with Gasteiger partial charge in [-0.05, 0) is 31.2 Å². The molecule has 4 N–H and O–H groups in total. The number of aliphatic carboxylic acids is 1. The summed E-state index contributed by atoms with van der Waals surface area (Å²) in [5.74, 6) is -4.47. The first-order valence-electron chi connectivity index (χ1n) is 10.7. The number of carbonyl (C=O) groups is 2. The number of carboxylic acid groups (broad SMARTS) is 1. The van der Waals surface area contributed by atoms with E-state index in [1.807, 2.05) is 4.90 Å². The van der Waals surface area contributed by atoms with Gasteiger partial charge in [-0.15, -0.1) is 0 Å². The fraction of sp³-hybridized carbons (Fsp3) is 0.429. The molecule has 17 heteroatoms. The van der Waals surface area contributed by atoms with Crippen LogP contribution in [-0.2, 0) is 28.4 Å². The highest BCUT2D eigenvalue weighted by Gasteiger charge is 2.38. The van der Waals surface area contributed by atoms with Gasteiger partial charge in [-0.25, -0.2) is 27.3 Å². The number of likely N-dealkylation sites (N-methyl/N-ethyl adjacent to an activating group) is 1. The predicted octanol–water partition coefficient (Wildman–Crippen LogP) is 0.483. The first kappa shape index (κ1) is 30.7. The number of benzene rings is 1. The zero-order chi connectivity index (χ0) is 29.0. The first-order chi connectivity index (χ1) is 17.4. The average molecular weight is 568 g/mol. The Labute approximate surface area is 214 Å². The number of likely N-dealkylation sites (tertiary alicyclic amines) is 1. The molecule has 0 spiro atoms. The summed E-state index contributed by atoms with van der Waals surface area (Å²) < 4.78 is 71.5. The Morgan fingerprint density at radius 2 is 1.74 bits per heavy atom. The van der Waals surface area contributed by atoms with Crippen LogP contribution in [0.4, 0.5) is 17.6 Å². The molecule has 1 fully saturated rings. The molecule has 2 aromatic rings. The smallest absolute Gasteiger partial charge is 0.490 e. The lowest BCUT2D eigenvalue weighted by Gasteiger charge is -2.21. The molecule has 1 amide bonds. The van der Waals surface area contributed by atoms with Crippen LogP contribution in [0.25, 0.3) is 0 Å². The van der Waals surface area contributed by atoms with E-state index in [1.54, 1.807) is 7.05 Å². The van der Waals surface area contributed by atoms with E-state index >= 15 is 0 Å². The number of alkyl halides is 3. The molecule has 1 aromatic carbocycles. The van der Waals surface area contributed by atoms with Crippen molar-refractivity contribution in [2.45, 2.75) is 31.2 Å². The summed E-state index contributed by atoms with van der Waals surface area (Å²) in [4.78, 5) is 40.1. The van der Waals surface area contributed by atoms with Gasteiger partial charge in [-0.3, -0.25) is 19.1 Å². The molecule has 1 saturated heterocycles. The van der Waals surface area contributed by atoms with Crippen LogP contribution in [0.2, 0.25) is 0 Å². The molecule has 1 aromatic heterocycles.